The Kier molecular flexibility index (Phi) is 5.20. The van der Waals surface area contributed by atoms with E-state index in [1.54, 1.807) is 14.2 Å². The Hall–Kier alpha value is -3.40. The predicted molar refractivity (Wildman–Crippen MR) is 114 cm³/mol. The van der Waals surface area contributed by atoms with Gasteiger partial charge in [0.05, 0.1) is 20.3 Å². The fraction of sp³-hybridized carbons (Fsp3) is 0.125. The average Bonchev–Trinajstić information content (AvgIpc) is 3.16. The number of nitrogens with one attached hydrogen (secondary N) is 2. The van der Waals surface area contributed by atoms with Crippen LogP contribution in [-0.2, 0) is 0 Å². The summed E-state index contributed by atoms with van der Waals surface area (Å²) in [5.74, 6) is 1.41. The van der Waals surface area contributed by atoms with Crippen LogP contribution in [0.15, 0.2) is 79.0 Å². The molecular formula is C24H23N2O2. The first-order chi connectivity index (χ1) is 13.8. The van der Waals surface area contributed by atoms with Crippen molar-refractivity contribution in [3.05, 3.63) is 96.5 Å². The first kappa shape index (κ1) is 18.0. The Morgan fingerprint density at radius 1 is 0.857 bits per heavy atom. The van der Waals surface area contributed by atoms with E-state index in [9.17, 15) is 0 Å². The zero-order valence-electron chi connectivity index (χ0n) is 16.0. The Morgan fingerprint density at radius 2 is 1.61 bits per heavy atom. The van der Waals surface area contributed by atoms with E-state index in [1.807, 2.05) is 30.3 Å². The Morgan fingerprint density at radius 3 is 2.39 bits per heavy atom. The molecule has 4 heteroatoms. The van der Waals surface area contributed by atoms with Gasteiger partial charge in [-0.3, -0.25) is 0 Å². The molecule has 1 atom stereocenters. The van der Waals surface area contributed by atoms with Gasteiger partial charge < -0.3 is 19.8 Å². The molecule has 0 aliphatic carbocycles. The predicted octanol–water partition coefficient (Wildman–Crippen LogP) is 5.59. The lowest BCUT2D eigenvalue weighted by molar-refractivity contribution is 0.355. The zero-order chi connectivity index (χ0) is 19.3. The third-order valence-electron chi connectivity index (χ3n) is 4.83. The maximum Gasteiger partial charge on any atom is 0.162 e. The molecule has 3 aromatic carbocycles. The van der Waals surface area contributed by atoms with Crippen molar-refractivity contribution in [2.24, 2.45) is 0 Å². The number of fused-ring (bicyclic) bond motifs is 1. The number of hydrogen-bond donors (Lipinski definition) is 2. The summed E-state index contributed by atoms with van der Waals surface area (Å²) in [5, 5.41) is 4.83. The van der Waals surface area contributed by atoms with Gasteiger partial charge in [0.25, 0.3) is 0 Å². The highest BCUT2D eigenvalue weighted by molar-refractivity contribution is 5.84. The van der Waals surface area contributed by atoms with Gasteiger partial charge in [0.15, 0.2) is 11.5 Å². The molecule has 0 amide bonds. The monoisotopic (exact) mass is 371 g/mol. The average molecular weight is 371 g/mol. The van der Waals surface area contributed by atoms with E-state index in [4.69, 9.17) is 9.47 Å². The normalized spacial score (nSPS) is 11.9. The van der Waals surface area contributed by atoms with Gasteiger partial charge in [-0.1, -0.05) is 48.5 Å². The minimum Gasteiger partial charge on any atom is -0.493 e. The molecule has 1 aromatic heterocycles. The number of H-pyrrole nitrogens is 1. The van der Waals surface area contributed by atoms with Gasteiger partial charge in [-0.25, -0.2) is 0 Å². The molecule has 0 spiro atoms. The van der Waals surface area contributed by atoms with Gasteiger partial charge in [-0.15, -0.1) is 0 Å². The third-order valence-corrected chi connectivity index (χ3v) is 4.83. The number of hydrogen-bond acceptors (Lipinski definition) is 3. The van der Waals surface area contributed by atoms with E-state index >= 15 is 0 Å². The van der Waals surface area contributed by atoms with Crippen molar-refractivity contribution in [3.63, 3.8) is 0 Å². The molecule has 0 fully saturated rings. The van der Waals surface area contributed by atoms with Crippen molar-refractivity contribution in [2.45, 2.75) is 6.04 Å². The quantitative estimate of drug-likeness (QED) is 0.445. The minimum absolute atomic E-state index is 0.00138. The fourth-order valence-electron chi connectivity index (χ4n) is 3.40. The van der Waals surface area contributed by atoms with Crippen LogP contribution in [0.1, 0.15) is 17.2 Å². The molecule has 1 radical (unpaired) electrons. The zero-order valence-corrected chi connectivity index (χ0v) is 16.0. The van der Waals surface area contributed by atoms with Crippen LogP contribution < -0.4 is 14.8 Å². The van der Waals surface area contributed by atoms with Gasteiger partial charge in [0, 0.05) is 35.3 Å². The molecule has 4 nitrogen and oxygen atoms in total. The van der Waals surface area contributed by atoms with Crippen molar-refractivity contribution in [2.75, 3.05) is 19.5 Å². The Bertz CT molecular complexity index is 1060. The smallest absolute Gasteiger partial charge is 0.162 e. The van der Waals surface area contributed by atoms with E-state index in [-0.39, 0.29) is 6.04 Å². The largest absolute Gasteiger partial charge is 0.493 e. The van der Waals surface area contributed by atoms with Crippen LogP contribution in [-0.4, -0.2) is 19.2 Å². The molecule has 2 N–H and O–H groups in total. The van der Waals surface area contributed by atoms with Gasteiger partial charge in [-0.2, -0.15) is 0 Å². The number of para-hydroxylation sites is 1. The lowest BCUT2D eigenvalue weighted by Gasteiger charge is -2.21. The van der Waals surface area contributed by atoms with Crippen LogP contribution in [0.5, 0.6) is 11.5 Å². The van der Waals surface area contributed by atoms with E-state index < -0.39 is 0 Å². The van der Waals surface area contributed by atoms with Crippen LogP contribution >= 0.6 is 0 Å². The molecule has 28 heavy (non-hydrogen) atoms. The van der Waals surface area contributed by atoms with Gasteiger partial charge in [0.1, 0.15) is 0 Å². The molecule has 0 bridgehead atoms. The van der Waals surface area contributed by atoms with E-state index in [2.05, 4.69) is 65.4 Å². The Balaban J connectivity index is 1.67. The number of aromatic amines is 1. The van der Waals surface area contributed by atoms with Gasteiger partial charge in [0.2, 0.25) is 0 Å². The molecule has 0 aliphatic heterocycles. The molecule has 0 saturated heterocycles. The third kappa shape index (κ3) is 3.67. The highest BCUT2D eigenvalue weighted by Crippen LogP contribution is 2.33. The van der Waals surface area contributed by atoms with Crippen molar-refractivity contribution in [1.82, 2.24) is 4.98 Å². The lowest BCUT2D eigenvalue weighted by atomic mass is 9.98. The standard InChI is InChI=1S/C24H23N2O2/c1-27-23-13-12-19(15-24(23)28-2)26-22(17-8-4-3-5-9-17)14-18-16-25-21-11-7-6-10-20(18)21/h3-16,22,25-26H,1-2H3. The van der Waals surface area contributed by atoms with E-state index in [1.165, 1.54) is 10.9 Å². The van der Waals surface area contributed by atoms with Gasteiger partial charge in [-0.05, 0) is 29.3 Å². The lowest BCUT2D eigenvalue weighted by Crippen LogP contribution is -2.12. The molecular weight excluding hydrogens is 348 g/mol. The van der Waals surface area contributed by atoms with Crippen LogP contribution in [0.2, 0.25) is 0 Å². The number of ether oxygens (including phenoxy) is 2. The molecule has 0 aliphatic rings. The fourth-order valence-corrected chi connectivity index (χ4v) is 3.40. The van der Waals surface area contributed by atoms with E-state index in [0.29, 0.717) is 11.5 Å². The Labute approximate surface area is 165 Å². The number of rotatable bonds is 7. The van der Waals surface area contributed by atoms with Crippen molar-refractivity contribution >= 4 is 16.6 Å². The summed E-state index contributed by atoms with van der Waals surface area (Å²) in [7, 11) is 3.29. The second-order valence-electron chi connectivity index (χ2n) is 6.56. The molecule has 4 aromatic rings. The number of benzene rings is 3. The van der Waals surface area contributed by atoms with Crippen LogP contribution in [0.3, 0.4) is 0 Å². The first-order valence-corrected chi connectivity index (χ1v) is 9.23. The molecule has 141 valence electrons. The summed E-state index contributed by atoms with van der Waals surface area (Å²) in [6.07, 6.45) is 4.29. The van der Waals surface area contributed by atoms with Gasteiger partial charge >= 0.3 is 0 Å². The molecule has 1 unspecified atom stereocenters. The summed E-state index contributed by atoms with van der Waals surface area (Å²) in [6.45, 7) is 0. The summed E-state index contributed by atoms with van der Waals surface area (Å²) in [6, 6.07) is 24.6. The second kappa shape index (κ2) is 8.09. The second-order valence-corrected chi connectivity index (χ2v) is 6.56. The number of anilines is 1. The summed E-state index contributed by atoms with van der Waals surface area (Å²) in [4.78, 5) is 3.35. The SMILES string of the molecule is COc1ccc(NC([CH]c2c[nH]c3ccccc23)c2ccccc2)cc1OC. The highest BCUT2D eigenvalue weighted by atomic mass is 16.5. The number of aromatic nitrogens is 1. The van der Waals surface area contributed by atoms with Crippen LogP contribution in [0, 0.1) is 6.42 Å². The topological polar surface area (TPSA) is 46.3 Å². The maximum atomic E-state index is 5.45. The summed E-state index contributed by atoms with van der Waals surface area (Å²) >= 11 is 0. The van der Waals surface area contributed by atoms with Crippen molar-refractivity contribution in [1.29, 1.82) is 0 Å². The van der Waals surface area contributed by atoms with Crippen LogP contribution in [0.4, 0.5) is 5.69 Å². The summed E-state index contributed by atoms with van der Waals surface area (Å²) < 4.78 is 10.8. The molecule has 1 heterocycles. The van der Waals surface area contributed by atoms with Crippen LogP contribution in [0.25, 0.3) is 10.9 Å². The van der Waals surface area contributed by atoms with Crippen molar-refractivity contribution in [3.8, 4) is 11.5 Å². The highest BCUT2D eigenvalue weighted by Gasteiger charge is 2.16. The minimum atomic E-state index is -0.00138. The van der Waals surface area contributed by atoms with Crippen molar-refractivity contribution < 1.29 is 9.47 Å². The maximum absolute atomic E-state index is 5.45. The summed E-state index contributed by atoms with van der Waals surface area (Å²) in [5.41, 5.74) is 4.44. The van der Waals surface area contributed by atoms with E-state index in [0.717, 1.165) is 16.8 Å². The molecule has 0 saturated carbocycles. The number of methoxy groups -OCH3 is 2. The molecule has 4 rings (SSSR count). The first-order valence-electron chi connectivity index (χ1n) is 9.23.